The summed E-state index contributed by atoms with van der Waals surface area (Å²) in [6.07, 6.45) is 3.54. The second-order valence-corrected chi connectivity index (χ2v) is 17.3. The van der Waals surface area contributed by atoms with Crippen molar-refractivity contribution in [2.45, 2.75) is 66.6 Å². The predicted octanol–water partition coefficient (Wildman–Crippen LogP) is 10.6. The van der Waals surface area contributed by atoms with E-state index in [1.54, 1.807) is 16.3 Å². The Bertz CT molecular complexity index is 1670. The summed E-state index contributed by atoms with van der Waals surface area (Å²) in [6.45, 7) is 18.9. The van der Waals surface area contributed by atoms with Gasteiger partial charge in [0.1, 0.15) is 0 Å². The molecule has 4 aromatic carbocycles. The highest BCUT2D eigenvalue weighted by Gasteiger charge is 2.45. The Labute approximate surface area is 236 Å². The van der Waals surface area contributed by atoms with Crippen LogP contribution in [0, 0.1) is 27.7 Å². The molecule has 0 nitrogen and oxygen atoms in total. The van der Waals surface area contributed by atoms with Crippen LogP contribution in [0.3, 0.4) is 0 Å². The molecule has 39 heavy (non-hydrogen) atoms. The third kappa shape index (κ3) is 4.28. The summed E-state index contributed by atoms with van der Waals surface area (Å²) < 4.78 is 0. The van der Waals surface area contributed by atoms with Crippen LogP contribution in [0.15, 0.2) is 83.9 Å². The molecule has 0 bridgehead atoms. The lowest BCUT2D eigenvalue weighted by molar-refractivity contribution is 1.08. The second kappa shape index (κ2) is 9.35. The molecular formula is C38H40Si. The van der Waals surface area contributed by atoms with Crippen molar-refractivity contribution in [3.05, 3.63) is 128 Å². The molecule has 0 radical (unpaired) electrons. The van der Waals surface area contributed by atoms with Crippen LogP contribution in [0.25, 0.3) is 33.5 Å². The summed E-state index contributed by atoms with van der Waals surface area (Å²) in [5.74, 6) is 0. The average molecular weight is 525 g/mol. The van der Waals surface area contributed by atoms with Gasteiger partial charge in [0.15, 0.2) is 0 Å². The topological polar surface area (TPSA) is 0 Å². The van der Waals surface area contributed by atoms with E-state index < -0.39 is 8.07 Å². The molecule has 0 aromatic heterocycles. The number of aryl methyl sites for hydroxylation is 4. The fourth-order valence-corrected chi connectivity index (χ4v) is 12.6. The Morgan fingerprint density at radius 1 is 0.641 bits per heavy atom. The first-order valence-corrected chi connectivity index (χ1v) is 17.4. The molecular weight excluding hydrogens is 485 g/mol. The molecule has 2 aliphatic carbocycles. The second-order valence-electron chi connectivity index (χ2n) is 12.8. The fraction of sp³-hybridized carbons (Fsp3) is 0.263. The highest BCUT2D eigenvalue weighted by atomic mass is 28.3. The van der Waals surface area contributed by atoms with Crippen molar-refractivity contribution in [3.8, 4) is 22.3 Å². The van der Waals surface area contributed by atoms with Crippen molar-refractivity contribution in [1.29, 1.82) is 0 Å². The van der Waals surface area contributed by atoms with Crippen molar-refractivity contribution < 1.29 is 0 Å². The maximum atomic E-state index is 2.63. The Kier molecular flexibility index (Phi) is 6.19. The highest BCUT2D eigenvalue weighted by Crippen LogP contribution is 2.54. The Morgan fingerprint density at radius 2 is 1.18 bits per heavy atom. The lowest BCUT2D eigenvalue weighted by Crippen LogP contribution is -2.37. The Balaban J connectivity index is 1.55. The van der Waals surface area contributed by atoms with E-state index in [2.05, 4.69) is 134 Å². The largest absolute Gasteiger partial charge is 0.0931 e. The van der Waals surface area contributed by atoms with E-state index in [0.29, 0.717) is 5.54 Å². The minimum Gasteiger partial charge on any atom is -0.0690 e. The van der Waals surface area contributed by atoms with Gasteiger partial charge in [-0.15, -0.1) is 0 Å². The lowest BCUT2D eigenvalue weighted by atomic mass is 9.93. The molecule has 1 atom stereocenters. The molecule has 6 rings (SSSR count). The first-order valence-electron chi connectivity index (χ1n) is 14.4. The molecule has 196 valence electrons. The first-order chi connectivity index (χ1) is 18.5. The zero-order chi connectivity index (χ0) is 27.6. The van der Waals surface area contributed by atoms with Crippen LogP contribution in [-0.4, -0.2) is 8.07 Å². The molecule has 0 heterocycles. The van der Waals surface area contributed by atoms with Gasteiger partial charge in [-0.05, 0) is 92.5 Å². The van der Waals surface area contributed by atoms with Gasteiger partial charge in [0.05, 0.1) is 8.07 Å². The monoisotopic (exact) mass is 524 g/mol. The molecule has 0 spiro atoms. The van der Waals surface area contributed by atoms with Gasteiger partial charge in [0, 0.05) is 5.54 Å². The number of benzene rings is 4. The fourth-order valence-electron chi connectivity index (χ4n) is 7.92. The first kappa shape index (κ1) is 25.8. The molecule has 0 aliphatic heterocycles. The van der Waals surface area contributed by atoms with E-state index in [9.17, 15) is 0 Å². The Hall–Kier alpha value is -3.42. The van der Waals surface area contributed by atoms with Crippen molar-refractivity contribution in [3.63, 3.8) is 0 Å². The van der Waals surface area contributed by atoms with Crippen molar-refractivity contribution >= 4 is 19.3 Å². The van der Waals surface area contributed by atoms with Crippen molar-refractivity contribution in [2.75, 3.05) is 0 Å². The van der Waals surface area contributed by atoms with E-state index in [-0.39, 0.29) is 0 Å². The maximum absolute atomic E-state index is 2.63. The van der Waals surface area contributed by atoms with E-state index in [1.807, 2.05) is 0 Å². The van der Waals surface area contributed by atoms with Gasteiger partial charge in [0.25, 0.3) is 0 Å². The van der Waals surface area contributed by atoms with Gasteiger partial charge in [0.2, 0.25) is 0 Å². The number of fused-ring (bicyclic) bond motifs is 2. The van der Waals surface area contributed by atoms with Gasteiger partial charge >= 0.3 is 0 Å². The summed E-state index contributed by atoms with van der Waals surface area (Å²) in [4.78, 5) is 0. The molecule has 4 aromatic rings. The molecule has 2 aliphatic rings. The number of hydrogen-bond donors (Lipinski definition) is 0. The lowest BCUT2D eigenvalue weighted by Gasteiger charge is -2.36. The van der Waals surface area contributed by atoms with Crippen LogP contribution in [0.4, 0.5) is 0 Å². The summed E-state index contributed by atoms with van der Waals surface area (Å²) in [5, 5.41) is 1.67. The van der Waals surface area contributed by atoms with Gasteiger partial charge < -0.3 is 0 Å². The van der Waals surface area contributed by atoms with Crippen LogP contribution >= 0.6 is 0 Å². The number of hydrogen-bond acceptors (Lipinski definition) is 0. The van der Waals surface area contributed by atoms with Gasteiger partial charge in [-0.3, -0.25) is 0 Å². The smallest absolute Gasteiger partial charge is 0.0690 e. The van der Waals surface area contributed by atoms with E-state index in [0.717, 1.165) is 6.42 Å². The van der Waals surface area contributed by atoms with Crippen LogP contribution < -0.4 is 0 Å². The Morgan fingerprint density at radius 3 is 1.79 bits per heavy atom. The maximum Gasteiger partial charge on any atom is 0.0931 e. The number of rotatable bonds is 4. The third-order valence-corrected chi connectivity index (χ3v) is 13.1. The number of allylic oxidation sites excluding steroid dienone is 2. The van der Waals surface area contributed by atoms with Gasteiger partial charge in [-0.25, -0.2) is 0 Å². The summed E-state index contributed by atoms with van der Waals surface area (Å²) in [5.41, 5.74) is 20.4. The molecule has 0 amide bonds. The summed E-state index contributed by atoms with van der Waals surface area (Å²) in [6, 6.07) is 28.0. The molecule has 0 saturated heterocycles. The van der Waals surface area contributed by atoms with E-state index in [1.165, 1.54) is 66.8 Å². The molecule has 1 heteroatoms. The molecule has 1 unspecified atom stereocenters. The molecule has 0 saturated carbocycles. The standard InChI is InChI=1S/C38H40Si/c1-23-15-24(2)18-31(17-23)33-13-9-11-29-21-27(5)37(35(29)33)39(7,8)38-28(6)22-30-12-10-14-34(36(30)38)32-19-25(3)16-26(4)20-32/h9-21,37H,22H2,1-8H3. The van der Waals surface area contributed by atoms with Crippen molar-refractivity contribution in [2.24, 2.45) is 0 Å². The minimum atomic E-state index is -2.04. The van der Waals surface area contributed by atoms with Crippen LogP contribution in [0.5, 0.6) is 0 Å². The van der Waals surface area contributed by atoms with Crippen LogP contribution in [0.1, 0.15) is 63.9 Å². The van der Waals surface area contributed by atoms with Gasteiger partial charge in [-0.2, -0.15) is 0 Å². The molecule has 0 N–H and O–H groups in total. The van der Waals surface area contributed by atoms with Crippen molar-refractivity contribution in [1.82, 2.24) is 0 Å². The SMILES string of the molecule is CC1=Cc2cccc(-c3cc(C)cc(C)c3)c2C1[Si](C)(C)C1=C(C)Cc2cccc(-c3cc(C)cc(C)c3)c21. The average Bonchev–Trinajstić information content (AvgIpc) is 3.38. The normalized spacial score (nSPS) is 16.4. The summed E-state index contributed by atoms with van der Waals surface area (Å²) in [7, 11) is -2.04. The zero-order valence-electron chi connectivity index (χ0n) is 24.8. The van der Waals surface area contributed by atoms with E-state index in [4.69, 9.17) is 0 Å². The third-order valence-electron chi connectivity index (χ3n) is 8.98. The van der Waals surface area contributed by atoms with Crippen LogP contribution in [-0.2, 0) is 6.42 Å². The predicted molar refractivity (Wildman–Crippen MR) is 173 cm³/mol. The molecule has 0 fully saturated rings. The van der Waals surface area contributed by atoms with Crippen LogP contribution in [0.2, 0.25) is 13.1 Å². The quantitative estimate of drug-likeness (QED) is 0.233. The minimum absolute atomic E-state index is 0.452. The van der Waals surface area contributed by atoms with Gasteiger partial charge in [-0.1, -0.05) is 131 Å². The highest BCUT2D eigenvalue weighted by molar-refractivity contribution is 6.96. The zero-order valence-corrected chi connectivity index (χ0v) is 25.8. The summed E-state index contributed by atoms with van der Waals surface area (Å²) >= 11 is 0. The van der Waals surface area contributed by atoms with E-state index >= 15 is 0 Å².